The van der Waals surface area contributed by atoms with Gasteiger partial charge in [-0.25, -0.2) is 0 Å². The van der Waals surface area contributed by atoms with Gasteiger partial charge in [0.2, 0.25) is 5.95 Å². The van der Waals surface area contributed by atoms with Gasteiger partial charge < -0.3 is 15.5 Å². The van der Waals surface area contributed by atoms with Crippen molar-refractivity contribution >= 4 is 17.5 Å². The van der Waals surface area contributed by atoms with Crippen LogP contribution < -0.4 is 10.6 Å². The summed E-state index contributed by atoms with van der Waals surface area (Å²) in [5, 5.41) is 13.1. The van der Waals surface area contributed by atoms with Crippen LogP contribution in [0.3, 0.4) is 0 Å². The number of alkyl halides is 3. The van der Waals surface area contributed by atoms with E-state index in [9.17, 15) is 13.2 Å². The molecule has 0 fully saturated rings. The number of aromatic nitrogens is 3. The molecular formula is C15H19F3N6. The lowest BCUT2D eigenvalue weighted by Gasteiger charge is -2.13. The van der Waals surface area contributed by atoms with Crippen LogP contribution in [0.25, 0.3) is 0 Å². The van der Waals surface area contributed by atoms with Gasteiger partial charge in [0, 0.05) is 6.54 Å². The van der Waals surface area contributed by atoms with Gasteiger partial charge in [0.25, 0.3) is 0 Å². The summed E-state index contributed by atoms with van der Waals surface area (Å²) in [5.41, 5.74) is -0.894. The molecule has 2 N–H and O–H groups in total. The van der Waals surface area contributed by atoms with Gasteiger partial charge >= 0.3 is 6.18 Å². The maximum atomic E-state index is 13.0. The van der Waals surface area contributed by atoms with Crippen LogP contribution in [0, 0.1) is 0 Å². The van der Waals surface area contributed by atoms with Gasteiger partial charge in [0.1, 0.15) is 0 Å². The summed E-state index contributed by atoms with van der Waals surface area (Å²) < 4.78 is 39.0. The summed E-state index contributed by atoms with van der Waals surface area (Å²) in [7, 11) is 3.96. The van der Waals surface area contributed by atoms with Crippen molar-refractivity contribution in [1.82, 2.24) is 20.1 Å². The number of halogens is 3. The minimum absolute atomic E-state index is 0.00399. The first-order chi connectivity index (χ1) is 11.4. The quantitative estimate of drug-likeness (QED) is 0.756. The number of benzene rings is 1. The molecule has 0 bridgehead atoms. The molecular weight excluding hydrogens is 321 g/mol. The van der Waals surface area contributed by atoms with Crippen LogP contribution in [0.4, 0.5) is 30.6 Å². The van der Waals surface area contributed by atoms with Crippen molar-refractivity contribution in [3.05, 3.63) is 36.0 Å². The fraction of sp³-hybridized carbons (Fsp3) is 0.400. The molecule has 0 saturated heterocycles. The Morgan fingerprint density at radius 1 is 1.17 bits per heavy atom. The zero-order valence-corrected chi connectivity index (χ0v) is 13.4. The molecule has 0 saturated carbocycles. The van der Waals surface area contributed by atoms with E-state index in [-0.39, 0.29) is 11.6 Å². The van der Waals surface area contributed by atoms with E-state index in [1.807, 2.05) is 14.1 Å². The molecule has 1 aromatic carbocycles. The number of hydrogen-bond acceptors (Lipinski definition) is 6. The van der Waals surface area contributed by atoms with Crippen molar-refractivity contribution in [1.29, 1.82) is 0 Å². The average Bonchev–Trinajstić information content (AvgIpc) is 2.51. The Bertz CT molecular complexity index is 660. The third-order valence-electron chi connectivity index (χ3n) is 3.13. The van der Waals surface area contributed by atoms with E-state index in [2.05, 4.69) is 30.7 Å². The monoisotopic (exact) mass is 340 g/mol. The first-order valence-electron chi connectivity index (χ1n) is 7.38. The first kappa shape index (κ1) is 17.9. The predicted molar refractivity (Wildman–Crippen MR) is 86.2 cm³/mol. The van der Waals surface area contributed by atoms with Crippen molar-refractivity contribution < 1.29 is 13.2 Å². The normalized spacial score (nSPS) is 11.6. The second kappa shape index (κ2) is 7.91. The van der Waals surface area contributed by atoms with Gasteiger partial charge in [-0.3, -0.25) is 0 Å². The maximum Gasteiger partial charge on any atom is 0.418 e. The molecule has 0 unspecified atom stereocenters. The van der Waals surface area contributed by atoms with Crippen LogP contribution in [0.15, 0.2) is 30.5 Å². The highest BCUT2D eigenvalue weighted by Crippen LogP contribution is 2.35. The Morgan fingerprint density at radius 2 is 1.92 bits per heavy atom. The topological polar surface area (TPSA) is 66.0 Å². The zero-order valence-electron chi connectivity index (χ0n) is 13.4. The number of para-hydroxylation sites is 1. The van der Waals surface area contributed by atoms with Crippen LogP contribution in [0.1, 0.15) is 12.0 Å². The van der Waals surface area contributed by atoms with Gasteiger partial charge in [0.15, 0.2) is 5.82 Å². The van der Waals surface area contributed by atoms with Crippen molar-refractivity contribution in [2.75, 3.05) is 37.8 Å². The van der Waals surface area contributed by atoms with Crippen molar-refractivity contribution in [3.63, 3.8) is 0 Å². The number of anilines is 3. The molecule has 0 atom stereocenters. The fourth-order valence-corrected chi connectivity index (χ4v) is 2.01. The van der Waals surface area contributed by atoms with E-state index >= 15 is 0 Å². The van der Waals surface area contributed by atoms with E-state index in [4.69, 9.17) is 0 Å². The highest BCUT2D eigenvalue weighted by atomic mass is 19.4. The van der Waals surface area contributed by atoms with Crippen LogP contribution >= 0.6 is 0 Å². The first-order valence-corrected chi connectivity index (χ1v) is 7.38. The lowest BCUT2D eigenvalue weighted by molar-refractivity contribution is -0.136. The molecule has 0 spiro atoms. The second-order valence-corrected chi connectivity index (χ2v) is 5.42. The number of hydrogen-bond donors (Lipinski definition) is 2. The van der Waals surface area contributed by atoms with E-state index in [1.54, 1.807) is 0 Å². The molecule has 1 heterocycles. The molecule has 0 aliphatic rings. The smallest absolute Gasteiger partial charge is 0.369 e. The molecule has 0 radical (unpaired) electrons. The predicted octanol–water partition coefficient (Wildman–Crippen LogP) is 3.00. The van der Waals surface area contributed by atoms with Gasteiger partial charge in [-0.05, 0) is 39.2 Å². The van der Waals surface area contributed by atoms with Crippen LogP contribution in [0.2, 0.25) is 0 Å². The molecule has 1 aromatic heterocycles. The Labute approximate surface area is 138 Å². The van der Waals surface area contributed by atoms with Crippen LogP contribution in [-0.4, -0.2) is 47.3 Å². The maximum absolute atomic E-state index is 13.0. The number of rotatable bonds is 7. The summed E-state index contributed by atoms with van der Waals surface area (Å²) in [4.78, 5) is 6.19. The SMILES string of the molecule is CN(C)CCCNc1cnnc(Nc2ccccc2C(F)(F)F)n1. The summed E-state index contributed by atoms with van der Waals surface area (Å²) in [5.74, 6) is 0.458. The number of nitrogens with zero attached hydrogens (tertiary/aromatic N) is 4. The van der Waals surface area contributed by atoms with Crippen LogP contribution in [-0.2, 0) is 6.18 Å². The third kappa shape index (κ3) is 5.34. The molecule has 24 heavy (non-hydrogen) atoms. The summed E-state index contributed by atoms with van der Waals surface area (Å²) in [6.07, 6.45) is -2.13. The summed E-state index contributed by atoms with van der Waals surface area (Å²) in [6, 6.07) is 5.16. The van der Waals surface area contributed by atoms with Crippen molar-refractivity contribution in [2.45, 2.75) is 12.6 Å². The molecule has 0 aliphatic heterocycles. The molecule has 0 amide bonds. The minimum Gasteiger partial charge on any atom is -0.369 e. The highest BCUT2D eigenvalue weighted by molar-refractivity contribution is 5.59. The van der Waals surface area contributed by atoms with Crippen molar-refractivity contribution in [2.24, 2.45) is 0 Å². The molecule has 130 valence electrons. The van der Waals surface area contributed by atoms with Gasteiger partial charge in [0.05, 0.1) is 17.4 Å². The van der Waals surface area contributed by atoms with Gasteiger partial charge in [-0.2, -0.15) is 23.3 Å². The lowest BCUT2D eigenvalue weighted by atomic mass is 10.1. The Morgan fingerprint density at radius 3 is 2.62 bits per heavy atom. The molecule has 0 aliphatic carbocycles. The zero-order chi connectivity index (χ0) is 17.6. The van der Waals surface area contributed by atoms with Crippen molar-refractivity contribution in [3.8, 4) is 0 Å². The van der Waals surface area contributed by atoms with Gasteiger partial charge in [-0.1, -0.05) is 12.1 Å². The lowest BCUT2D eigenvalue weighted by Crippen LogP contribution is -2.17. The van der Waals surface area contributed by atoms with Gasteiger partial charge in [-0.15, -0.1) is 5.10 Å². The van der Waals surface area contributed by atoms with E-state index in [1.165, 1.54) is 24.4 Å². The molecule has 9 heteroatoms. The third-order valence-corrected chi connectivity index (χ3v) is 3.13. The fourth-order valence-electron chi connectivity index (χ4n) is 2.01. The number of nitrogens with one attached hydrogen (secondary N) is 2. The molecule has 6 nitrogen and oxygen atoms in total. The highest BCUT2D eigenvalue weighted by Gasteiger charge is 2.33. The largest absolute Gasteiger partial charge is 0.418 e. The standard InChI is InChI=1S/C15H19F3N6/c1-24(2)9-5-8-19-13-10-20-23-14(22-13)21-12-7-4-3-6-11(12)15(16,17)18/h3-4,6-7,10H,5,8-9H2,1-2H3,(H2,19,21,22,23). The molecule has 2 rings (SSSR count). The van der Waals surface area contributed by atoms with Crippen LogP contribution in [0.5, 0.6) is 0 Å². The summed E-state index contributed by atoms with van der Waals surface area (Å²) >= 11 is 0. The van der Waals surface area contributed by atoms with E-state index in [0.29, 0.717) is 12.4 Å². The summed E-state index contributed by atoms with van der Waals surface area (Å²) in [6.45, 7) is 1.59. The molecule has 2 aromatic rings. The van der Waals surface area contributed by atoms with E-state index in [0.717, 1.165) is 19.0 Å². The Hall–Kier alpha value is -2.42. The average molecular weight is 340 g/mol. The second-order valence-electron chi connectivity index (χ2n) is 5.42. The Balaban J connectivity index is 2.05. The van der Waals surface area contributed by atoms with E-state index < -0.39 is 11.7 Å². The Kier molecular flexibility index (Phi) is 5.91. The minimum atomic E-state index is -4.46.